The monoisotopic (exact) mass is 259 g/mol. The van der Waals surface area contributed by atoms with Crippen molar-refractivity contribution in [1.29, 1.82) is 0 Å². The lowest BCUT2D eigenvalue weighted by atomic mass is 9.93. The maximum Gasteiger partial charge on any atom is 0.153 e. The summed E-state index contributed by atoms with van der Waals surface area (Å²) in [6, 6.07) is -0.00704. The van der Waals surface area contributed by atoms with Crippen LogP contribution in [0.15, 0.2) is 0 Å². The Bertz CT molecular complexity index is 226. The smallest absolute Gasteiger partial charge is 0.153 e. The van der Waals surface area contributed by atoms with Gasteiger partial charge in [0, 0.05) is 11.2 Å². The van der Waals surface area contributed by atoms with Crippen LogP contribution in [-0.4, -0.2) is 28.9 Å². The van der Waals surface area contributed by atoms with Crippen LogP contribution in [-0.2, 0) is 4.79 Å². The van der Waals surface area contributed by atoms with E-state index in [0.717, 1.165) is 6.54 Å². The van der Waals surface area contributed by atoms with Gasteiger partial charge in [0.1, 0.15) is 0 Å². The number of hydrogen-bond donors (Lipinski definition) is 1. The number of likely N-dealkylation sites (N-methyl/N-ethyl adjacent to an activating group) is 1. The van der Waals surface area contributed by atoms with Crippen molar-refractivity contribution < 1.29 is 4.79 Å². The van der Waals surface area contributed by atoms with Crippen molar-refractivity contribution in [3.05, 3.63) is 0 Å². The van der Waals surface area contributed by atoms with Gasteiger partial charge in [0.05, 0.1) is 6.04 Å². The van der Waals surface area contributed by atoms with Crippen LogP contribution in [0.5, 0.6) is 0 Å². The van der Waals surface area contributed by atoms with Crippen molar-refractivity contribution in [3.8, 4) is 0 Å². The molecule has 2 atom stereocenters. The van der Waals surface area contributed by atoms with Gasteiger partial charge in [-0.25, -0.2) is 0 Å². The minimum absolute atomic E-state index is 0.00704. The average molecular weight is 259 g/mol. The van der Waals surface area contributed by atoms with E-state index in [1.54, 1.807) is 0 Å². The number of carbonyl (C=O) groups excluding carboxylic acids is 1. The Kier molecular flexibility index (Phi) is 8.14. The van der Waals surface area contributed by atoms with E-state index in [9.17, 15) is 4.79 Å². The highest BCUT2D eigenvalue weighted by Crippen LogP contribution is 2.28. The summed E-state index contributed by atoms with van der Waals surface area (Å²) in [5.41, 5.74) is 0. The van der Waals surface area contributed by atoms with E-state index in [0.29, 0.717) is 22.2 Å². The first-order valence-corrected chi connectivity index (χ1v) is 7.68. The minimum Gasteiger partial charge on any atom is -0.307 e. The van der Waals surface area contributed by atoms with Crippen molar-refractivity contribution in [2.24, 2.45) is 11.8 Å². The maximum atomic E-state index is 12.3. The summed E-state index contributed by atoms with van der Waals surface area (Å²) in [5.74, 6) is 0.959. The standard InChI is InChI=1S/C14H29NOS/c1-8-15-12(13(16)9(2)3)14(10(4)5)17-11(6)7/h9-12,14-15H,8H2,1-7H3. The van der Waals surface area contributed by atoms with Crippen LogP contribution in [0.1, 0.15) is 48.5 Å². The van der Waals surface area contributed by atoms with E-state index < -0.39 is 0 Å². The van der Waals surface area contributed by atoms with Crippen molar-refractivity contribution in [2.75, 3.05) is 6.54 Å². The van der Waals surface area contributed by atoms with Gasteiger partial charge in [0.25, 0.3) is 0 Å². The van der Waals surface area contributed by atoms with E-state index >= 15 is 0 Å². The molecular formula is C14H29NOS. The molecule has 2 nitrogen and oxygen atoms in total. The Morgan fingerprint density at radius 2 is 1.65 bits per heavy atom. The number of ketones is 1. The number of thioether (sulfide) groups is 1. The van der Waals surface area contributed by atoms with Crippen LogP contribution in [0.4, 0.5) is 0 Å². The molecule has 0 bridgehead atoms. The molecule has 0 aromatic rings. The topological polar surface area (TPSA) is 29.1 Å². The first-order valence-electron chi connectivity index (χ1n) is 6.73. The molecule has 0 heterocycles. The Hall–Kier alpha value is -0.0200. The van der Waals surface area contributed by atoms with E-state index in [4.69, 9.17) is 0 Å². The second-order valence-electron chi connectivity index (χ2n) is 5.49. The van der Waals surface area contributed by atoms with Crippen LogP contribution in [0.25, 0.3) is 0 Å². The molecule has 0 saturated heterocycles. The molecule has 3 heteroatoms. The largest absolute Gasteiger partial charge is 0.307 e. The summed E-state index contributed by atoms with van der Waals surface area (Å²) in [7, 11) is 0. The van der Waals surface area contributed by atoms with Crippen LogP contribution in [0.2, 0.25) is 0 Å². The summed E-state index contributed by atoms with van der Waals surface area (Å²) in [4.78, 5) is 12.3. The first-order chi connectivity index (χ1) is 7.81. The zero-order valence-electron chi connectivity index (χ0n) is 12.4. The van der Waals surface area contributed by atoms with E-state index in [2.05, 4.69) is 39.9 Å². The summed E-state index contributed by atoms with van der Waals surface area (Å²) in [6.07, 6.45) is 0. The summed E-state index contributed by atoms with van der Waals surface area (Å²) in [6.45, 7) is 15.7. The first kappa shape index (κ1) is 17.0. The summed E-state index contributed by atoms with van der Waals surface area (Å²) in [5, 5.41) is 4.30. The van der Waals surface area contributed by atoms with Gasteiger partial charge in [0.2, 0.25) is 0 Å². The number of Topliss-reactive ketones (excluding diaryl/α,β-unsaturated/α-hetero) is 1. The van der Waals surface area contributed by atoms with Gasteiger partial charge in [0.15, 0.2) is 5.78 Å². The van der Waals surface area contributed by atoms with Crippen molar-refractivity contribution in [2.45, 2.75) is 65.0 Å². The molecule has 0 aliphatic carbocycles. The van der Waals surface area contributed by atoms with Gasteiger partial charge in [-0.05, 0) is 17.7 Å². The Labute approximate surface area is 111 Å². The molecule has 2 unspecified atom stereocenters. The second-order valence-corrected chi connectivity index (χ2v) is 7.25. The summed E-state index contributed by atoms with van der Waals surface area (Å²) >= 11 is 1.92. The molecule has 0 saturated carbocycles. The van der Waals surface area contributed by atoms with Gasteiger partial charge >= 0.3 is 0 Å². The van der Waals surface area contributed by atoms with Gasteiger partial charge in [-0.15, -0.1) is 0 Å². The van der Waals surface area contributed by atoms with E-state index in [1.807, 2.05) is 25.6 Å². The molecule has 0 fully saturated rings. The minimum atomic E-state index is -0.00704. The molecule has 0 aliphatic rings. The third kappa shape index (κ3) is 5.91. The van der Waals surface area contributed by atoms with Gasteiger partial charge in [-0.2, -0.15) is 11.8 Å². The fourth-order valence-corrected chi connectivity index (χ4v) is 3.22. The molecule has 0 aromatic heterocycles. The molecule has 0 rings (SSSR count). The zero-order valence-corrected chi connectivity index (χ0v) is 13.2. The van der Waals surface area contributed by atoms with Crippen LogP contribution in [0.3, 0.4) is 0 Å². The SMILES string of the molecule is CCNC(C(=O)C(C)C)C(SC(C)C)C(C)C. The third-order valence-electron chi connectivity index (χ3n) is 2.71. The molecule has 1 N–H and O–H groups in total. The lowest BCUT2D eigenvalue weighted by Gasteiger charge is -2.31. The predicted molar refractivity (Wildman–Crippen MR) is 78.7 cm³/mol. The van der Waals surface area contributed by atoms with Crippen molar-refractivity contribution >= 4 is 17.5 Å². The Balaban J connectivity index is 4.88. The maximum absolute atomic E-state index is 12.3. The molecule has 0 spiro atoms. The Morgan fingerprint density at radius 1 is 1.12 bits per heavy atom. The van der Waals surface area contributed by atoms with Gasteiger partial charge in [-0.1, -0.05) is 48.5 Å². The van der Waals surface area contributed by atoms with Crippen molar-refractivity contribution in [1.82, 2.24) is 5.32 Å². The highest BCUT2D eigenvalue weighted by molar-refractivity contribution is 8.00. The highest BCUT2D eigenvalue weighted by Gasteiger charge is 2.31. The van der Waals surface area contributed by atoms with E-state index in [-0.39, 0.29) is 12.0 Å². The fraction of sp³-hybridized carbons (Fsp3) is 0.929. The van der Waals surface area contributed by atoms with Gasteiger partial charge in [-0.3, -0.25) is 4.79 Å². The predicted octanol–water partition coefficient (Wildman–Crippen LogP) is 3.36. The molecule has 0 radical (unpaired) electrons. The third-order valence-corrected chi connectivity index (χ3v) is 4.39. The fourth-order valence-electron chi connectivity index (χ4n) is 1.89. The highest BCUT2D eigenvalue weighted by atomic mass is 32.2. The quantitative estimate of drug-likeness (QED) is 0.725. The Morgan fingerprint density at radius 3 is 1.94 bits per heavy atom. The molecule has 102 valence electrons. The molecule has 0 amide bonds. The molecular weight excluding hydrogens is 230 g/mol. The second kappa shape index (κ2) is 8.15. The molecule has 0 aliphatic heterocycles. The molecule has 0 aromatic carbocycles. The number of carbonyl (C=O) groups is 1. The summed E-state index contributed by atoms with van der Waals surface area (Å²) < 4.78 is 0. The lowest BCUT2D eigenvalue weighted by Crippen LogP contribution is -2.48. The van der Waals surface area contributed by atoms with Crippen LogP contribution in [0, 0.1) is 11.8 Å². The molecule has 17 heavy (non-hydrogen) atoms. The van der Waals surface area contributed by atoms with Gasteiger partial charge < -0.3 is 5.32 Å². The zero-order chi connectivity index (χ0) is 13.6. The normalized spacial score (nSPS) is 15.6. The van der Waals surface area contributed by atoms with Crippen molar-refractivity contribution in [3.63, 3.8) is 0 Å². The van der Waals surface area contributed by atoms with Crippen LogP contribution >= 0.6 is 11.8 Å². The number of nitrogens with one attached hydrogen (secondary N) is 1. The lowest BCUT2D eigenvalue weighted by molar-refractivity contribution is -0.124. The number of hydrogen-bond acceptors (Lipinski definition) is 3. The van der Waals surface area contributed by atoms with E-state index in [1.165, 1.54) is 0 Å². The average Bonchev–Trinajstić information content (AvgIpc) is 2.21. The number of rotatable bonds is 8. The van der Waals surface area contributed by atoms with Crippen LogP contribution < -0.4 is 5.32 Å².